The lowest BCUT2D eigenvalue weighted by Gasteiger charge is -2.05. The van der Waals surface area contributed by atoms with E-state index in [4.69, 9.17) is 4.52 Å². The van der Waals surface area contributed by atoms with Gasteiger partial charge < -0.3 is 15.2 Å². The van der Waals surface area contributed by atoms with Crippen LogP contribution >= 0.6 is 12.4 Å². The topological polar surface area (TPSA) is 67.2 Å². The number of hydrogen-bond donors (Lipinski definition) is 2. The summed E-state index contributed by atoms with van der Waals surface area (Å²) in [4.78, 5) is 11.5. The Hall–Kier alpha value is -1.07. The third-order valence-electron chi connectivity index (χ3n) is 2.67. The quantitative estimate of drug-likeness (QED) is 0.790. The average Bonchev–Trinajstić information content (AvgIpc) is 2.75. The smallest absolute Gasteiger partial charge is 0.221 e. The van der Waals surface area contributed by atoms with Crippen LogP contribution in [0.5, 0.6) is 0 Å². The zero-order valence-electron chi connectivity index (χ0n) is 11.2. The zero-order chi connectivity index (χ0) is 12.7. The lowest BCUT2D eigenvalue weighted by atomic mass is 10.1. The fraction of sp³-hybridized carbons (Fsp3) is 0.667. The maximum atomic E-state index is 11.5. The lowest BCUT2D eigenvalue weighted by molar-refractivity contribution is -0.121. The molecule has 0 aliphatic rings. The van der Waals surface area contributed by atoms with Crippen LogP contribution in [-0.2, 0) is 24.2 Å². The summed E-state index contributed by atoms with van der Waals surface area (Å²) in [6.07, 6.45) is 2.12. The molecule has 2 N–H and O–H groups in total. The summed E-state index contributed by atoms with van der Waals surface area (Å²) in [5.41, 5.74) is 1.98. The highest BCUT2D eigenvalue weighted by molar-refractivity contribution is 5.85. The van der Waals surface area contributed by atoms with E-state index in [1.54, 1.807) is 0 Å². The molecule has 0 atom stereocenters. The number of carbonyl (C=O) groups is 1. The van der Waals surface area contributed by atoms with Crippen LogP contribution in [0, 0.1) is 0 Å². The number of hydrogen-bond acceptors (Lipinski definition) is 4. The minimum absolute atomic E-state index is 0. The molecule has 104 valence electrons. The Bertz CT molecular complexity index is 345. The van der Waals surface area contributed by atoms with Gasteiger partial charge in [0, 0.05) is 31.5 Å². The van der Waals surface area contributed by atoms with E-state index >= 15 is 0 Å². The molecule has 0 saturated carbocycles. The predicted molar refractivity (Wildman–Crippen MR) is 72.9 cm³/mol. The minimum atomic E-state index is 0. The molecule has 0 bridgehead atoms. The molecule has 1 aromatic rings. The van der Waals surface area contributed by atoms with Gasteiger partial charge in [0.15, 0.2) is 0 Å². The summed E-state index contributed by atoms with van der Waals surface area (Å²) >= 11 is 0. The molecule has 0 fully saturated rings. The normalized spacial score (nSPS) is 9.94. The van der Waals surface area contributed by atoms with Crippen LogP contribution in [-0.4, -0.2) is 24.7 Å². The molecule has 6 heteroatoms. The van der Waals surface area contributed by atoms with Crippen molar-refractivity contribution in [2.45, 2.75) is 39.7 Å². The molecule has 1 amide bonds. The van der Waals surface area contributed by atoms with Crippen molar-refractivity contribution in [2.75, 3.05) is 13.6 Å². The largest absolute Gasteiger partial charge is 0.361 e. The summed E-state index contributed by atoms with van der Waals surface area (Å²) in [5, 5.41) is 9.84. The second-order valence-electron chi connectivity index (χ2n) is 3.87. The number of aryl methyl sites for hydroxylation is 2. The summed E-state index contributed by atoms with van der Waals surface area (Å²) < 4.78 is 5.24. The highest BCUT2D eigenvalue weighted by Gasteiger charge is 2.13. The molecule has 0 aliphatic carbocycles. The van der Waals surface area contributed by atoms with E-state index in [-0.39, 0.29) is 18.3 Å². The summed E-state index contributed by atoms with van der Waals surface area (Å²) in [6, 6.07) is 0. The molecule has 0 aromatic carbocycles. The SMILES string of the molecule is CCc1noc(CC)c1CNC(=O)CCNC.Cl. The van der Waals surface area contributed by atoms with E-state index < -0.39 is 0 Å². The molecule has 0 aliphatic heterocycles. The maximum absolute atomic E-state index is 11.5. The van der Waals surface area contributed by atoms with Crippen LogP contribution < -0.4 is 10.6 Å². The predicted octanol–water partition coefficient (Wildman–Crippen LogP) is 1.45. The third-order valence-corrected chi connectivity index (χ3v) is 2.67. The van der Waals surface area contributed by atoms with Crippen LogP contribution in [0.1, 0.15) is 37.3 Å². The van der Waals surface area contributed by atoms with Crippen LogP contribution in [0.25, 0.3) is 0 Å². The first-order chi connectivity index (χ1) is 8.22. The van der Waals surface area contributed by atoms with Crippen molar-refractivity contribution in [2.24, 2.45) is 0 Å². The van der Waals surface area contributed by atoms with E-state index in [0.717, 1.165) is 29.9 Å². The van der Waals surface area contributed by atoms with Crippen molar-refractivity contribution < 1.29 is 9.32 Å². The molecule has 0 spiro atoms. The Morgan fingerprint density at radius 1 is 1.33 bits per heavy atom. The molecule has 1 rings (SSSR count). The van der Waals surface area contributed by atoms with Gasteiger partial charge in [0.2, 0.25) is 5.91 Å². The fourth-order valence-corrected chi connectivity index (χ4v) is 1.65. The van der Waals surface area contributed by atoms with E-state index in [9.17, 15) is 4.79 Å². The van der Waals surface area contributed by atoms with E-state index in [0.29, 0.717) is 19.5 Å². The van der Waals surface area contributed by atoms with E-state index in [1.165, 1.54) is 0 Å². The Balaban J connectivity index is 0.00000289. The first kappa shape index (κ1) is 16.9. The van der Waals surface area contributed by atoms with E-state index in [2.05, 4.69) is 15.8 Å². The number of nitrogens with zero attached hydrogens (tertiary/aromatic N) is 1. The number of halogens is 1. The fourth-order valence-electron chi connectivity index (χ4n) is 1.65. The monoisotopic (exact) mass is 275 g/mol. The van der Waals surface area contributed by atoms with Crippen molar-refractivity contribution in [3.05, 3.63) is 17.0 Å². The van der Waals surface area contributed by atoms with Crippen molar-refractivity contribution in [1.82, 2.24) is 15.8 Å². The Kier molecular flexibility index (Phi) is 8.41. The molecular weight excluding hydrogens is 254 g/mol. The van der Waals surface area contributed by atoms with E-state index in [1.807, 2.05) is 20.9 Å². The molecule has 0 saturated heterocycles. The highest BCUT2D eigenvalue weighted by atomic mass is 35.5. The maximum Gasteiger partial charge on any atom is 0.221 e. The Morgan fingerprint density at radius 2 is 2.06 bits per heavy atom. The standard InChI is InChI=1S/C12H21N3O2.ClH/c1-4-10-9(11(5-2)17-15-10)8-14-12(16)6-7-13-3;/h13H,4-8H2,1-3H3,(H,14,16);1H. The number of amides is 1. The summed E-state index contributed by atoms with van der Waals surface area (Å²) in [7, 11) is 1.83. The van der Waals surface area contributed by atoms with Gasteiger partial charge >= 0.3 is 0 Å². The van der Waals surface area contributed by atoms with Gasteiger partial charge in [-0.2, -0.15) is 0 Å². The lowest BCUT2D eigenvalue weighted by Crippen LogP contribution is -2.26. The number of rotatable bonds is 7. The molecular formula is C12H22ClN3O2. The highest BCUT2D eigenvalue weighted by Crippen LogP contribution is 2.15. The average molecular weight is 276 g/mol. The van der Waals surface area contributed by atoms with Gasteiger partial charge in [-0.15, -0.1) is 12.4 Å². The molecule has 0 radical (unpaired) electrons. The van der Waals surface area contributed by atoms with Crippen molar-refractivity contribution in [3.63, 3.8) is 0 Å². The number of aromatic nitrogens is 1. The van der Waals surface area contributed by atoms with Gasteiger partial charge in [-0.05, 0) is 13.5 Å². The zero-order valence-corrected chi connectivity index (χ0v) is 12.0. The van der Waals surface area contributed by atoms with Gasteiger partial charge in [-0.1, -0.05) is 19.0 Å². The molecule has 0 unspecified atom stereocenters. The van der Waals surface area contributed by atoms with Gasteiger partial charge in [0.1, 0.15) is 5.76 Å². The van der Waals surface area contributed by atoms with Gasteiger partial charge in [-0.25, -0.2) is 0 Å². The van der Waals surface area contributed by atoms with Gasteiger partial charge in [-0.3, -0.25) is 4.79 Å². The first-order valence-corrected chi connectivity index (χ1v) is 6.10. The van der Waals surface area contributed by atoms with Gasteiger partial charge in [0.25, 0.3) is 0 Å². The third kappa shape index (κ3) is 4.66. The van der Waals surface area contributed by atoms with Crippen molar-refractivity contribution in [1.29, 1.82) is 0 Å². The molecule has 5 nitrogen and oxygen atoms in total. The number of nitrogens with one attached hydrogen (secondary N) is 2. The van der Waals surface area contributed by atoms with Crippen molar-refractivity contribution >= 4 is 18.3 Å². The van der Waals surface area contributed by atoms with Crippen LogP contribution in [0.3, 0.4) is 0 Å². The second-order valence-corrected chi connectivity index (χ2v) is 3.87. The van der Waals surface area contributed by atoms with Crippen LogP contribution in [0.4, 0.5) is 0 Å². The minimum Gasteiger partial charge on any atom is -0.361 e. The number of carbonyl (C=O) groups excluding carboxylic acids is 1. The Labute approximate surface area is 114 Å². The molecule has 1 aromatic heterocycles. The van der Waals surface area contributed by atoms with Crippen LogP contribution in [0.15, 0.2) is 4.52 Å². The molecule has 18 heavy (non-hydrogen) atoms. The Morgan fingerprint density at radius 3 is 2.61 bits per heavy atom. The summed E-state index contributed by atoms with van der Waals surface area (Å²) in [5.74, 6) is 0.917. The first-order valence-electron chi connectivity index (χ1n) is 6.10. The van der Waals surface area contributed by atoms with Crippen LogP contribution in [0.2, 0.25) is 0 Å². The van der Waals surface area contributed by atoms with Crippen molar-refractivity contribution in [3.8, 4) is 0 Å². The second kappa shape index (κ2) is 8.94. The molecule has 1 heterocycles. The van der Waals surface area contributed by atoms with Gasteiger partial charge in [0.05, 0.1) is 5.69 Å². The summed E-state index contributed by atoms with van der Waals surface area (Å²) in [6.45, 7) is 5.25.